The average Bonchev–Trinajstić information content (AvgIpc) is 3.17. The number of hydrogen-bond acceptors (Lipinski definition) is 4. The Balaban J connectivity index is 1.71. The predicted octanol–water partition coefficient (Wildman–Crippen LogP) is 3.52. The zero-order valence-electron chi connectivity index (χ0n) is 13.1. The van der Waals surface area contributed by atoms with E-state index < -0.39 is 0 Å². The summed E-state index contributed by atoms with van der Waals surface area (Å²) in [5.41, 5.74) is 4.24. The van der Waals surface area contributed by atoms with Gasteiger partial charge in [-0.15, -0.1) is 5.10 Å². The van der Waals surface area contributed by atoms with Gasteiger partial charge in [-0.25, -0.2) is 0 Å². The molecule has 2 aromatic carbocycles. The van der Waals surface area contributed by atoms with Crippen molar-refractivity contribution < 1.29 is 4.79 Å². The fourth-order valence-electron chi connectivity index (χ4n) is 3.36. The van der Waals surface area contributed by atoms with E-state index in [9.17, 15) is 4.79 Å². The Morgan fingerprint density at radius 3 is 2.71 bits per heavy atom. The molecule has 1 aliphatic heterocycles. The highest BCUT2D eigenvalue weighted by Gasteiger charge is 2.32. The molecule has 2 heterocycles. The maximum atomic E-state index is 12.9. The van der Waals surface area contributed by atoms with Gasteiger partial charge in [-0.2, -0.15) is 0 Å². The summed E-state index contributed by atoms with van der Waals surface area (Å²) in [5.74, 6) is -0.0285. The third-order valence-corrected chi connectivity index (χ3v) is 5.03. The number of aromatic nitrogens is 2. The van der Waals surface area contributed by atoms with Gasteiger partial charge in [0.25, 0.3) is 5.91 Å². The van der Waals surface area contributed by atoms with Gasteiger partial charge < -0.3 is 4.90 Å². The molecule has 0 fully saturated rings. The lowest BCUT2D eigenvalue weighted by Crippen LogP contribution is -2.41. The van der Waals surface area contributed by atoms with Gasteiger partial charge in [0, 0.05) is 11.9 Å². The summed E-state index contributed by atoms with van der Waals surface area (Å²) in [4.78, 5) is 14.9. The van der Waals surface area contributed by atoms with Gasteiger partial charge in [0.2, 0.25) is 0 Å². The maximum Gasteiger partial charge on any atom is 0.275 e. The SMILES string of the molecule is O=C(c1csnn1)N1CCc2ccccc2[C@H]1Cc1ccccc1. The van der Waals surface area contributed by atoms with Crippen LogP contribution in [-0.4, -0.2) is 26.9 Å². The molecule has 24 heavy (non-hydrogen) atoms. The number of hydrogen-bond donors (Lipinski definition) is 0. The van der Waals surface area contributed by atoms with Crippen molar-refractivity contribution >= 4 is 17.4 Å². The van der Waals surface area contributed by atoms with Crippen molar-refractivity contribution in [3.05, 3.63) is 82.4 Å². The minimum Gasteiger partial charge on any atom is -0.330 e. The third-order valence-electron chi connectivity index (χ3n) is 4.52. The van der Waals surface area contributed by atoms with Crippen LogP contribution < -0.4 is 0 Å². The number of fused-ring (bicyclic) bond motifs is 1. The van der Waals surface area contributed by atoms with E-state index in [1.807, 2.05) is 23.1 Å². The lowest BCUT2D eigenvalue weighted by molar-refractivity contribution is 0.0654. The van der Waals surface area contributed by atoms with E-state index in [1.165, 1.54) is 28.2 Å². The van der Waals surface area contributed by atoms with Gasteiger partial charge in [0.15, 0.2) is 5.69 Å². The first-order valence-corrected chi connectivity index (χ1v) is 8.86. The molecule has 0 N–H and O–H groups in total. The number of amides is 1. The smallest absolute Gasteiger partial charge is 0.275 e. The molecule has 0 saturated carbocycles. The first-order valence-electron chi connectivity index (χ1n) is 8.02. The average molecular weight is 335 g/mol. The molecule has 4 nitrogen and oxygen atoms in total. The molecule has 0 aliphatic carbocycles. The van der Waals surface area contributed by atoms with Crippen LogP contribution >= 0.6 is 11.5 Å². The van der Waals surface area contributed by atoms with Crippen LogP contribution in [0.5, 0.6) is 0 Å². The van der Waals surface area contributed by atoms with Gasteiger partial charge >= 0.3 is 0 Å². The summed E-state index contributed by atoms with van der Waals surface area (Å²) in [6.07, 6.45) is 1.69. The third kappa shape index (κ3) is 2.83. The lowest BCUT2D eigenvalue weighted by Gasteiger charge is -2.37. The van der Waals surface area contributed by atoms with E-state index in [0.717, 1.165) is 12.8 Å². The maximum absolute atomic E-state index is 12.9. The summed E-state index contributed by atoms with van der Waals surface area (Å²) < 4.78 is 3.84. The molecule has 0 spiro atoms. The summed E-state index contributed by atoms with van der Waals surface area (Å²) in [7, 11) is 0. The normalized spacial score (nSPS) is 16.7. The van der Waals surface area contributed by atoms with Gasteiger partial charge in [-0.05, 0) is 41.1 Å². The van der Waals surface area contributed by atoms with Gasteiger partial charge in [0.05, 0.1) is 6.04 Å². The topological polar surface area (TPSA) is 46.1 Å². The van der Waals surface area contributed by atoms with Crippen LogP contribution in [0.2, 0.25) is 0 Å². The van der Waals surface area contributed by atoms with E-state index >= 15 is 0 Å². The van der Waals surface area contributed by atoms with Crippen LogP contribution in [0.4, 0.5) is 0 Å². The first-order chi connectivity index (χ1) is 11.8. The van der Waals surface area contributed by atoms with Gasteiger partial charge in [0.1, 0.15) is 0 Å². The Kier molecular flexibility index (Phi) is 4.09. The second-order valence-electron chi connectivity index (χ2n) is 5.94. The molecular weight excluding hydrogens is 318 g/mol. The highest BCUT2D eigenvalue weighted by atomic mass is 32.1. The lowest BCUT2D eigenvalue weighted by atomic mass is 9.88. The van der Waals surface area contributed by atoms with Crippen molar-refractivity contribution in [2.45, 2.75) is 18.9 Å². The second-order valence-corrected chi connectivity index (χ2v) is 6.55. The zero-order chi connectivity index (χ0) is 16.4. The van der Waals surface area contributed by atoms with Crippen molar-refractivity contribution in [2.75, 3.05) is 6.54 Å². The van der Waals surface area contributed by atoms with Crippen molar-refractivity contribution in [3.8, 4) is 0 Å². The molecule has 1 amide bonds. The molecule has 0 unspecified atom stereocenters. The van der Waals surface area contributed by atoms with Crippen molar-refractivity contribution in [1.82, 2.24) is 14.5 Å². The Bertz CT molecular complexity index is 833. The number of rotatable bonds is 3. The quantitative estimate of drug-likeness (QED) is 0.736. The number of carbonyl (C=O) groups is 1. The van der Waals surface area contributed by atoms with Crippen LogP contribution in [0.1, 0.15) is 33.2 Å². The van der Waals surface area contributed by atoms with E-state index in [1.54, 1.807) is 5.38 Å². The standard InChI is InChI=1S/C19H17N3OS/c23-19(17-13-24-21-20-17)22-11-10-15-8-4-5-9-16(15)18(22)12-14-6-2-1-3-7-14/h1-9,13,18H,10-12H2/t18-/m1/s1. The summed E-state index contributed by atoms with van der Waals surface area (Å²) in [5, 5.41) is 5.69. The molecule has 4 rings (SSSR count). The molecule has 3 aromatic rings. The van der Waals surface area contributed by atoms with Crippen LogP contribution in [0.15, 0.2) is 60.0 Å². The molecule has 1 aromatic heterocycles. The predicted molar refractivity (Wildman–Crippen MR) is 94.0 cm³/mol. The monoisotopic (exact) mass is 335 g/mol. The molecule has 0 saturated heterocycles. The van der Waals surface area contributed by atoms with Crippen LogP contribution in [0.3, 0.4) is 0 Å². The summed E-state index contributed by atoms with van der Waals surface area (Å²) >= 11 is 1.21. The van der Waals surface area contributed by atoms with Gasteiger partial charge in [-0.3, -0.25) is 4.79 Å². The Hall–Kier alpha value is -2.53. The Morgan fingerprint density at radius 2 is 1.92 bits per heavy atom. The van der Waals surface area contributed by atoms with E-state index in [4.69, 9.17) is 0 Å². The van der Waals surface area contributed by atoms with Crippen molar-refractivity contribution in [1.29, 1.82) is 0 Å². The Morgan fingerprint density at radius 1 is 1.12 bits per heavy atom. The molecule has 0 radical (unpaired) electrons. The molecule has 1 aliphatic rings. The number of benzene rings is 2. The number of carbonyl (C=O) groups excluding carboxylic acids is 1. The fraction of sp³-hybridized carbons (Fsp3) is 0.211. The molecule has 120 valence electrons. The highest BCUT2D eigenvalue weighted by Crippen LogP contribution is 2.33. The second kappa shape index (κ2) is 6.53. The van der Waals surface area contributed by atoms with Crippen LogP contribution in [0.25, 0.3) is 0 Å². The Labute approximate surface area is 144 Å². The van der Waals surface area contributed by atoms with Crippen LogP contribution in [-0.2, 0) is 12.8 Å². The van der Waals surface area contributed by atoms with Crippen molar-refractivity contribution in [3.63, 3.8) is 0 Å². The fourth-order valence-corrected chi connectivity index (χ4v) is 3.79. The highest BCUT2D eigenvalue weighted by molar-refractivity contribution is 7.03. The largest absolute Gasteiger partial charge is 0.330 e. The van der Waals surface area contributed by atoms with E-state index in [2.05, 4.69) is 46.0 Å². The number of nitrogens with zero attached hydrogens (tertiary/aromatic N) is 3. The molecular formula is C19H17N3OS. The van der Waals surface area contributed by atoms with E-state index in [-0.39, 0.29) is 11.9 Å². The van der Waals surface area contributed by atoms with Gasteiger partial charge in [-0.1, -0.05) is 59.1 Å². The van der Waals surface area contributed by atoms with E-state index in [0.29, 0.717) is 12.2 Å². The zero-order valence-corrected chi connectivity index (χ0v) is 13.9. The van der Waals surface area contributed by atoms with Crippen molar-refractivity contribution in [2.24, 2.45) is 0 Å². The molecule has 1 atom stereocenters. The summed E-state index contributed by atoms with van der Waals surface area (Å²) in [6.45, 7) is 0.713. The minimum absolute atomic E-state index is 0.0285. The first kappa shape index (κ1) is 15.0. The molecule has 0 bridgehead atoms. The minimum atomic E-state index is -0.0285. The summed E-state index contributed by atoms with van der Waals surface area (Å²) in [6, 6.07) is 18.8. The van der Waals surface area contributed by atoms with Crippen LogP contribution in [0, 0.1) is 0 Å². The molecule has 5 heteroatoms.